The first kappa shape index (κ1) is 12.9. The van der Waals surface area contributed by atoms with Gasteiger partial charge in [-0.1, -0.05) is 36.4 Å². The molecule has 20 heavy (non-hydrogen) atoms. The molecule has 102 valence electrons. The van der Waals surface area contributed by atoms with Crippen LogP contribution in [0.15, 0.2) is 60.8 Å². The summed E-state index contributed by atoms with van der Waals surface area (Å²) in [6.45, 7) is 0.831. The number of benzene rings is 2. The van der Waals surface area contributed by atoms with Crippen molar-refractivity contribution in [2.45, 2.75) is 12.6 Å². The van der Waals surface area contributed by atoms with Crippen LogP contribution in [0.5, 0.6) is 0 Å². The molecule has 0 unspecified atom stereocenters. The molecule has 0 aliphatic carbocycles. The first-order valence-corrected chi connectivity index (χ1v) is 6.82. The number of H-pyrrole nitrogens is 1. The highest BCUT2D eigenvalue weighted by Crippen LogP contribution is 2.16. The minimum Gasteiger partial charge on any atom is -0.394 e. The van der Waals surface area contributed by atoms with Gasteiger partial charge < -0.3 is 15.4 Å². The summed E-state index contributed by atoms with van der Waals surface area (Å²) in [5.74, 6) is 0. The number of hydrogen-bond donors (Lipinski definition) is 3. The van der Waals surface area contributed by atoms with E-state index in [-0.39, 0.29) is 12.6 Å². The van der Waals surface area contributed by atoms with Crippen LogP contribution in [0, 0.1) is 0 Å². The van der Waals surface area contributed by atoms with Gasteiger partial charge in [0.2, 0.25) is 0 Å². The van der Waals surface area contributed by atoms with E-state index in [1.165, 1.54) is 10.9 Å². The minimum atomic E-state index is -0.0295. The first-order chi connectivity index (χ1) is 9.86. The molecule has 0 amide bonds. The molecule has 3 aromatic rings. The second-order valence-corrected chi connectivity index (χ2v) is 4.93. The summed E-state index contributed by atoms with van der Waals surface area (Å²) in [7, 11) is 0. The van der Waals surface area contributed by atoms with Crippen LogP contribution in [-0.2, 0) is 6.54 Å². The summed E-state index contributed by atoms with van der Waals surface area (Å²) in [5.41, 5.74) is 3.47. The minimum absolute atomic E-state index is 0.0295. The summed E-state index contributed by atoms with van der Waals surface area (Å²) < 4.78 is 0. The zero-order valence-corrected chi connectivity index (χ0v) is 11.2. The number of aromatic amines is 1. The summed E-state index contributed by atoms with van der Waals surface area (Å²) in [5, 5.41) is 14.1. The average molecular weight is 266 g/mol. The van der Waals surface area contributed by atoms with Gasteiger partial charge >= 0.3 is 0 Å². The molecule has 3 rings (SSSR count). The van der Waals surface area contributed by atoms with Crippen LogP contribution in [0.25, 0.3) is 10.9 Å². The van der Waals surface area contributed by atoms with Crippen molar-refractivity contribution in [3.63, 3.8) is 0 Å². The zero-order valence-electron chi connectivity index (χ0n) is 11.2. The standard InChI is InChI=1S/C17H18N2O/c20-12-17(14-4-2-1-3-5-14)19-11-13-6-7-16-15(10-13)8-9-18-16/h1-10,17-20H,11-12H2/t17-/m1/s1. The van der Waals surface area contributed by atoms with Crippen LogP contribution in [0.1, 0.15) is 17.2 Å². The maximum atomic E-state index is 9.53. The molecular weight excluding hydrogens is 248 g/mol. The summed E-state index contributed by atoms with van der Waals surface area (Å²) in [4.78, 5) is 3.19. The second-order valence-electron chi connectivity index (χ2n) is 4.93. The lowest BCUT2D eigenvalue weighted by molar-refractivity contribution is 0.243. The summed E-state index contributed by atoms with van der Waals surface area (Å²) >= 11 is 0. The van der Waals surface area contributed by atoms with E-state index < -0.39 is 0 Å². The molecule has 0 aliphatic rings. The Bertz CT molecular complexity index is 676. The smallest absolute Gasteiger partial charge is 0.0626 e. The van der Waals surface area contributed by atoms with Gasteiger partial charge in [-0.2, -0.15) is 0 Å². The van der Waals surface area contributed by atoms with Crippen molar-refractivity contribution in [1.82, 2.24) is 10.3 Å². The fourth-order valence-electron chi connectivity index (χ4n) is 2.43. The molecule has 0 radical (unpaired) electrons. The van der Waals surface area contributed by atoms with Gasteiger partial charge in [0.15, 0.2) is 0 Å². The Hall–Kier alpha value is -2.10. The number of fused-ring (bicyclic) bond motifs is 1. The monoisotopic (exact) mass is 266 g/mol. The zero-order chi connectivity index (χ0) is 13.8. The van der Waals surface area contributed by atoms with Crippen molar-refractivity contribution in [1.29, 1.82) is 0 Å². The molecule has 3 N–H and O–H groups in total. The molecule has 0 aliphatic heterocycles. The van der Waals surface area contributed by atoms with Gasteiger partial charge in [-0.15, -0.1) is 0 Å². The number of aromatic nitrogens is 1. The topological polar surface area (TPSA) is 48.0 Å². The average Bonchev–Trinajstić information content (AvgIpc) is 2.96. The number of rotatable bonds is 5. The van der Waals surface area contributed by atoms with E-state index in [2.05, 4.69) is 34.6 Å². The summed E-state index contributed by atoms with van der Waals surface area (Å²) in [6, 6.07) is 18.4. The van der Waals surface area contributed by atoms with Gasteiger partial charge in [0.05, 0.1) is 12.6 Å². The molecule has 0 spiro atoms. The van der Waals surface area contributed by atoms with Crippen molar-refractivity contribution in [2.75, 3.05) is 6.61 Å². The Labute approximate surface area is 118 Å². The largest absolute Gasteiger partial charge is 0.394 e. The van der Waals surface area contributed by atoms with E-state index >= 15 is 0 Å². The molecule has 3 nitrogen and oxygen atoms in total. The normalized spacial score (nSPS) is 12.7. The van der Waals surface area contributed by atoms with E-state index in [1.54, 1.807) is 0 Å². The Kier molecular flexibility index (Phi) is 3.81. The number of hydrogen-bond acceptors (Lipinski definition) is 2. The molecular formula is C17H18N2O. The lowest BCUT2D eigenvalue weighted by atomic mass is 10.1. The fourth-order valence-corrected chi connectivity index (χ4v) is 2.43. The Morgan fingerprint density at radius 1 is 1.05 bits per heavy atom. The molecule has 1 heterocycles. The van der Waals surface area contributed by atoms with Gasteiger partial charge in [-0.3, -0.25) is 0 Å². The molecule has 3 heteroatoms. The summed E-state index contributed by atoms with van der Waals surface area (Å²) in [6.07, 6.45) is 1.95. The van der Waals surface area contributed by atoms with Gasteiger partial charge in [0, 0.05) is 18.3 Å². The maximum absolute atomic E-state index is 9.53. The van der Waals surface area contributed by atoms with Crippen LogP contribution in [0.3, 0.4) is 0 Å². The van der Waals surface area contributed by atoms with Crippen LogP contribution in [0.2, 0.25) is 0 Å². The molecule has 2 aromatic carbocycles. The molecule has 1 aromatic heterocycles. The molecule has 0 saturated carbocycles. The van der Waals surface area contributed by atoms with Crippen LogP contribution < -0.4 is 5.32 Å². The highest BCUT2D eigenvalue weighted by Gasteiger charge is 2.09. The van der Waals surface area contributed by atoms with Crippen molar-refractivity contribution in [2.24, 2.45) is 0 Å². The van der Waals surface area contributed by atoms with Crippen molar-refractivity contribution < 1.29 is 5.11 Å². The fraction of sp³-hybridized carbons (Fsp3) is 0.176. The highest BCUT2D eigenvalue weighted by atomic mass is 16.3. The predicted molar refractivity (Wildman–Crippen MR) is 81.4 cm³/mol. The lowest BCUT2D eigenvalue weighted by Crippen LogP contribution is -2.23. The van der Waals surface area contributed by atoms with E-state index in [9.17, 15) is 5.11 Å². The molecule has 0 bridgehead atoms. The van der Waals surface area contributed by atoms with Crippen molar-refractivity contribution in [3.8, 4) is 0 Å². The van der Waals surface area contributed by atoms with Crippen LogP contribution >= 0.6 is 0 Å². The van der Waals surface area contributed by atoms with Crippen molar-refractivity contribution >= 4 is 10.9 Å². The number of nitrogens with one attached hydrogen (secondary N) is 2. The third-order valence-electron chi connectivity index (χ3n) is 3.55. The third kappa shape index (κ3) is 2.74. The maximum Gasteiger partial charge on any atom is 0.0626 e. The van der Waals surface area contributed by atoms with Gasteiger partial charge in [-0.25, -0.2) is 0 Å². The highest BCUT2D eigenvalue weighted by molar-refractivity contribution is 5.79. The quantitative estimate of drug-likeness (QED) is 0.665. The van der Waals surface area contributed by atoms with E-state index in [0.717, 1.165) is 17.6 Å². The van der Waals surface area contributed by atoms with Crippen molar-refractivity contribution in [3.05, 3.63) is 71.9 Å². The first-order valence-electron chi connectivity index (χ1n) is 6.82. The van der Waals surface area contributed by atoms with Crippen LogP contribution in [-0.4, -0.2) is 16.7 Å². The van der Waals surface area contributed by atoms with E-state index in [1.807, 2.05) is 36.5 Å². The lowest BCUT2D eigenvalue weighted by Gasteiger charge is -2.16. The third-order valence-corrected chi connectivity index (χ3v) is 3.55. The molecule has 1 atom stereocenters. The Balaban J connectivity index is 1.71. The Morgan fingerprint density at radius 3 is 2.70 bits per heavy atom. The number of aliphatic hydroxyl groups excluding tert-OH is 1. The number of aliphatic hydroxyl groups is 1. The second kappa shape index (κ2) is 5.90. The SMILES string of the molecule is OC[C@@H](NCc1ccc2[nH]ccc2c1)c1ccccc1. The molecule has 0 saturated heterocycles. The van der Waals surface area contributed by atoms with Gasteiger partial charge in [-0.05, 0) is 34.7 Å². The Morgan fingerprint density at radius 2 is 1.90 bits per heavy atom. The van der Waals surface area contributed by atoms with Crippen LogP contribution in [0.4, 0.5) is 0 Å². The van der Waals surface area contributed by atoms with Gasteiger partial charge in [0.25, 0.3) is 0 Å². The van der Waals surface area contributed by atoms with Gasteiger partial charge in [0.1, 0.15) is 0 Å². The van der Waals surface area contributed by atoms with E-state index in [4.69, 9.17) is 0 Å². The molecule has 0 fully saturated rings. The van der Waals surface area contributed by atoms with E-state index in [0.29, 0.717) is 0 Å². The predicted octanol–water partition coefficient (Wildman–Crippen LogP) is 2.99.